The first-order chi connectivity index (χ1) is 12.8. The Balaban J connectivity index is 1.91. The molecular weight excluding hydrogens is 344 g/mol. The van der Waals surface area contributed by atoms with E-state index in [9.17, 15) is 19.2 Å². The maximum atomic E-state index is 11.6. The molecule has 2 N–H and O–H groups in total. The lowest BCUT2D eigenvalue weighted by atomic mass is 10.0. The Bertz CT molecular complexity index is 768. The summed E-state index contributed by atoms with van der Waals surface area (Å²) < 4.78 is 0. The third kappa shape index (κ3) is 7.23. The lowest BCUT2D eigenvalue weighted by molar-refractivity contribution is -0.125. The monoisotopic (exact) mass is 366 g/mol. The summed E-state index contributed by atoms with van der Waals surface area (Å²) in [5, 5.41) is 5.36. The normalized spacial score (nSPS) is 10.1. The van der Waals surface area contributed by atoms with E-state index in [2.05, 4.69) is 10.6 Å². The highest BCUT2D eigenvalue weighted by molar-refractivity contribution is 6.04. The van der Waals surface area contributed by atoms with Gasteiger partial charge >= 0.3 is 0 Å². The molecule has 0 saturated carbocycles. The van der Waals surface area contributed by atoms with Gasteiger partial charge in [0.1, 0.15) is 11.6 Å². The summed E-state index contributed by atoms with van der Waals surface area (Å²) >= 11 is 0. The van der Waals surface area contributed by atoms with Crippen LogP contribution in [0.3, 0.4) is 0 Å². The lowest BCUT2D eigenvalue weighted by Gasteiger charge is -2.08. The molecule has 0 spiro atoms. The minimum absolute atomic E-state index is 0.128. The van der Waals surface area contributed by atoms with Crippen LogP contribution >= 0.6 is 0 Å². The largest absolute Gasteiger partial charge is 0.326 e. The molecule has 2 rings (SSSR count). The van der Waals surface area contributed by atoms with Crippen LogP contribution in [0, 0.1) is 0 Å². The van der Waals surface area contributed by atoms with Crippen molar-refractivity contribution in [3.05, 3.63) is 59.7 Å². The van der Waals surface area contributed by atoms with Crippen molar-refractivity contribution in [3.8, 4) is 0 Å². The Morgan fingerprint density at radius 1 is 0.630 bits per heavy atom. The van der Waals surface area contributed by atoms with E-state index in [1.54, 1.807) is 24.3 Å². The molecule has 0 atom stereocenters. The van der Waals surface area contributed by atoms with Gasteiger partial charge in [-0.05, 0) is 55.7 Å². The lowest BCUT2D eigenvalue weighted by Crippen LogP contribution is -2.14. The molecule has 0 heterocycles. The summed E-state index contributed by atoms with van der Waals surface area (Å²) in [7, 11) is 0. The van der Waals surface area contributed by atoms with Gasteiger partial charge in [0.2, 0.25) is 11.8 Å². The Hall–Kier alpha value is -3.28. The first-order valence-electron chi connectivity index (χ1n) is 8.58. The Morgan fingerprint density at radius 3 is 1.26 bits per heavy atom. The molecule has 2 aromatic carbocycles. The zero-order valence-electron chi connectivity index (χ0n) is 15.4. The summed E-state index contributed by atoms with van der Waals surface area (Å²) in [6, 6.07) is 14.8. The molecule has 0 bridgehead atoms. The van der Waals surface area contributed by atoms with E-state index >= 15 is 0 Å². The van der Waals surface area contributed by atoms with E-state index in [0.29, 0.717) is 17.8 Å². The van der Waals surface area contributed by atoms with Crippen molar-refractivity contribution < 1.29 is 19.2 Å². The van der Waals surface area contributed by atoms with Gasteiger partial charge in [0, 0.05) is 11.4 Å². The predicted molar refractivity (Wildman–Crippen MR) is 104 cm³/mol. The number of hydrogen-bond acceptors (Lipinski definition) is 4. The summed E-state index contributed by atoms with van der Waals surface area (Å²) in [4.78, 5) is 45.0. The number of nitrogens with one attached hydrogen (secondary N) is 2. The van der Waals surface area contributed by atoms with Gasteiger partial charge < -0.3 is 10.6 Å². The standard InChI is InChI=1S/C21H22N2O4/c1-14(24)11-20(26)22-18-7-3-16(4-8-18)13-17-5-9-19(10-6-17)23-21(27)12-15(2)25/h3-10H,11-13H2,1-2H3,(H,22,26)(H,23,27). The highest BCUT2D eigenvalue weighted by Gasteiger charge is 2.07. The summed E-state index contributed by atoms with van der Waals surface area (Å²) in [5.41, 5.74) is 3.42. The molecule has 140 valence electrons. The van der Waals surface area contributed by atoms with Gasteiger partial charge in [-0.25, -0.2) is 0 Å². The van der Waals surface area contributed by atoms with Crippen LogP contribution in [0.4, 0.5) is 11.4 Å². The zero-order valence-corrected chi connectivity index (χ0v) is 15.4. The van der Waals surface area contributed by atoms with Crippen molar-refractivity contribution in [1.29, 1.82) is 0 Å². The van der Waals surface area contributed by atoms with Crippen LogP contribution < -0.4 is 10.6 Å². The highest BCUT2D eigenvalue weighted by atomic mass is 16.2. The van der Waals surface area contributed by atoms with Gasteiger partial charge in [0.05, 0.1) is 12.8 Å². The number of Topliss-reactive ketones (excluding diaryl/α,β-unsaturated/α-hetero) is 2. The number of rotatable bonds is 8. The van der Waals surface area contributed by atoms with E-state index in [-0.39, 0.29) is 36.2 Å². The summed E-state index contributed by atoms with van der Waals surface area (Å²) in [6.45, 7) is 2.76. The fourth-order valence-corrected chi connectivity index (χ4v) is 2.51. The molecule has 2 amide bonds. The van der Waals surface area contributed by atoms with Gasteiger partial charge in [-0.15, -0.1) is 0 Å². The molecule has 0 unspecified atom stereocenters. The number of carbonyl (C=O) groups is 4. The second-order valence-corrected chi connectivity index (χ2v) is 6.42. The van der Waals surface area contributed by atoms with Crippen LogP contribution in [0.1, 0.15) is 37.8 Å². The van der Waals surface area contributed by atoms with Crippen molar-refractivity contribution in [2.24, 2.45) is 0 Å². The third-order valence-corrected chi connectivity index (χ3v) is 3.70. The average Bonchev–Trinajstić information content (AvgIpc) is 2.57. The molecule has 6 nitrogen and oxygen atoms in total. The van der Waals surface area contributed by atoms with Crippen LogP contribution in [0.2, 0.25) is 0 Å². The van der Waals surface area contributed by atoms with E-state index in [1.807, 2.05) is 24.3 Å². The molecule has 0 saturated heterocycles. The van der Waals surface area contributed by atoms with Crippen LogP contribution in [0.25, 0.3) is 0 Å². The third-order valence-electron chi connectivity index (χ3n) is 3.70. The fourth-order valence-electron chi connectivity index (χ4n) is 2.51. The van der Waals surface area contributed by atoms with E-state index in [0.717, 1.165) is 11.1 Å². The highest BCUT2D eigenvalue weighted by Crippen LogP contribution is 2.16. The van der Waals surface area contributed by atoms with Crippen LogP contribution in [0.5, 0.6) is 0 Å². The number of benzene rings is 2. The Morgan fingerprint density at radius 2 is 0.963 bits per heavy atom. The maximum absolute atomic E-state index is 11.6. The molecule has 0 aliphatic carbocycles. The molecule has 0 aromatic heterocycles. The van der Waals surface area contributed by atoms with Gasteiger partial charge in [0.15, 0.2) is 0 Å². The number of ketones is 2. The Labute approximate surface area is 158 Å². The Kier molecular flexibility index (Phi) is 7.00. The van der Waals surface area contributed by atoms with Crippen molar-refractivity contribution in [3.63, 3.8) is 0 Å². The van der Waals surface area contributed by atoms with Gasteiger partial charge in [-0.3, -0.25) is 19.2 Å². The first kappa shape index (κ1) is 20.0. The smallest absolute Gasteiger partial charge is 0.231 e. The molecule has 0 fully saturated rings. The molecule has 6 heteroatoms. The number of carbonyl (C=O) groups excluding carboxylic acids is 4. The van der Waals surface area contributed by atoms with Crippen LogP contribution in [0.15, 0.2) is 48.5 Å². The van der Waals surface area contributed by atoms with Crippen molar-refractivity contribution >= 4 is 34.8 Å². The second-order valence-electron chi connectivity index (χ2n) is 6.42. The molecule has 0 aliphatic rings. The van der Waals surface area contributed by atoms with Crippen molar-refractivity contribution in [2.45, 2.75) is 33.1 Å². The van der Waals surface area contributed by atoms with Crippen LogP contribution in [-0.2, 0) is 25.6 Å². The van der Waals surface area contributed by atoms with E-state index < -0.39 is 0 Å². The first-order valence-corrected chi connectivity index (χ1v) is 8.58. The maximum Gasteiger partial charge on any atom is 0.231 e. The van der Waals surface area contributed by atoms with Gasteiger partial charge in [-0.1, -0.05) is 24.3 Å². The molecule has 0 aliphatic heterocycles. The van der Waals surface area contributed by atoms with E-state index in [4.69, 9.17) is 0 Å². The minimum atomic E-state index is -0.322. The van der Waals surface area contributed by atoms with Crippen molar-refractivity contribution in [2.75, 3.05) is 10.6 Å². The SMILES string of the molecule is CC(=O)CC(=O)Nc1ccc(Cc2ccc(NC(=O)CC(C)=O)cc2)cc1. The number of anilines is 2. The summed E-state index contributed by atoms with van der Waals surface area (Å²) in [6.07, 6.45) is 0.442. The van der Waals surface area contributed by atoms with Crippen LogP contribution in [-0.4, -0.2) is 23.4 Å². The minimum Gasteiger partial charge on any atom is -0.326 e. The molecular formula is C21H22N2O4. The number of amides is 2. The van der Waals surface area contributed by atoms with E-state index in [1.165, 1.54) is 13.8 Å². The molecule has 2 aromatic rings. The fraction of sp³-hybridized carbons (Fsp3) is 0.238. The average molecular weight is 366 g/mol. The second kappa shape index (κ2) is 9.43. The topological polar surface area (TPSA) is 92.3 Å². The molecule has 0 radical (unpaired) electrons. The quantitative estimate of drug-likeness (QED) is 0.702. The van der Waals surface area contributed by atoms with Gasteiger partial charge in [0.25, 0.3) is 0 Å². The number of hydrogen-bond donors (Lipinski definition) is 2. The van der Waals surface area contributed by atoms with Crippen molar-refractivity contribution in [1.82, 2.24) is 0 Å². The van der Waals surface area contributed by atoms with Gasteiger partial charge in [-0.2, -0.15) is 0 Å². The zero-order chi connectivity index (χ0) is 19.8. The summed E-state index contributed by atoms with van der Waals surface area (Å²) in [5.74, 6) is -0.995. The molecule has 27 heavy (non-hydrogen) atoms. The predicted octanol–water partition coefficient (Wildman–Crippen LogP) is 3.11.